The highest BCUT2D eigenvalue weighted by atomic mass is 31.1. The lowest BCUT2D eigenvalue weighted by Gasteiger charge is -2.63. The molecule has 27 heavy (non-hydrogen) atoms. The highest BCUT2D eigenvalue weighted by Gasteiger charge is 2.61. The molecule has 0 N–H and O–H groups in total. The lowest BCUT2D eigenvalue weighted by Crippen LogP contribution is -2.61. The smallest absolute Gasteiger partial charge is 0.226 e. The highest BCUT2D eigenvalue weighted by Crippen LogP contribution is 2.66. The zero-order valence-corrected chi connectivity index (χ0v) is 17.7. The molecule has 2 nitrogen and oxygen atoms in total. The van der Waals surface area contributed by atoms with E-state index in [0.29, 0.717) is 22.9 Å². The predicted octanol–water partition coefficient (Wildman–Crippen LogP) is 4.26. The Bertz CT molecular complexity index is 762. The molecule has 1 amide bonds. The normalized spacial score (nSPS) is 28.5. The van der Waals surface area contributed by atoms with E-state index in [-0.39, 0.29) is 5.92 Å². The fraction of sp³-hybridized carbons (Fsp3) is 0.458. The molecule has 0 aromatic heterocycles. The van der Waals surface area contributed by atoms with Gasteiger partial charge < -0.3 is 4.90 Å². The van der Waals surface area contributed by atoms with Gasteiger partial charge in [0.1, 0.15) is 0 Å². The van der Waals surface area contributed by atoms with Gasteiger partial charge in [-0.3, -0.25) is 4.79 Å². The summed E-state index contributed by atoms with van der Waals surface area (Å²) in [6.07, 6.45) is 2.39. The summed E-state index contributed by atoms with van der Waals surface area (Å²) in [5.74, 6) is 1.71. The van der Waals surface area contributed by atoms with Crippen LogP contribution in [-0.4, -0.2) is 30.6 Å². The van der Waals surface area contributed by atoms with Gasteiger partial charge >= 0.3 is 0 Å². The lowest BCUT2D eigenvalue weighted by atomic mass is 9.45. The van der Waals surface area contributed by atoms with Crippen LogP contribution in [0.2, 0.25) is 0 Å². The minimum absolute atomic E-state index is 0.131. The minimum atomic E-state index is -0.551. The van der Waals surface area contributed by atoms with E-state index < -0.39 is 7.92 Å². The third-order valence-electron chi connectivity index (χ3n) is 7.05. The van der Waals surface area contributed by atoms with Crippen LogP contribution >= 0.6 is 7.92 Å². The summed E-state index contributed by atoms with van der Waals surface area (Å²) >= 11 is 0. The molecule has 2 bridgehead atoms. The maximum Gasteiger partial charge on any atom is 0.226 e. The minimum Gasteiger partial charge on any atom is -0.349 e. The van der Waals surface area contributed by atoms with E-state index in [9.17, 15) is 4.79 Å². The summed E-state index contributed by atoms with van der Waals surface area (Å²) in [5.41, 5.74) is 0.720. The van der Waals surface area contributed by atoms with E-state index in [0.717, 1.165) is 5.92 Å². The van der Waals surface area contributed by atoms with Gasteiger partial charge in [-0.15, -0.1) is 0 Å². The number of hydrogen-bond donors (Lipinski definition) is 0. The monoisotopic (exact) mass is 379 g/mol. The molecule has 5 rings (SSSR count). The van der Waals surface area contributed by atoms with Crippen molar-refractivity contribution in [2.75, 3.05) is 14.1 Å². The average Bonchev–Trinajstić information content (AvgIpc) is 2.69. The van der Waals surface area contributed by atoms with E-state index in [1.807, 2.05) is 19.0 Å². The number of hydrogen-bond acceptors (Lipinski definition) is 1. The quantitative estimate of drug-likeness (QED) is 0.727. The van der Waals surface area contributed by atoms with Crippen LogP contribution in [0.25, 0.3) is 0 Å². The van der Waals surface area contributed by atoms with Crippen molar-refractivity contribution in [2.24, 2.45) is 23.2 Å². The van der Waals surface area contributed by atoms with Crippen LogP contribution in [0.4, 0.5) is 0 Å². The van der Waals surface area contributed by atoms with Gasteiger partial charge in [-0.25, -0.2) is 0 Å². The first-order chi connectivity index (χ1) is 12.9. The summed E-state index contributed by atoms with van der Waals surface area (Å²) in [5, 5.41) is 2.80. The number of amides is 1. The fourth-order valence-corrected chi connectivity index (χ4v) is 8.55. The standard InChI is InChI=1S/C24H30NOP/c1-24(2)17-15-20(24)22(23(26)25(3)4)21(16-17)27(18-11-7-5-8-12-18)19-13-9-6-10-14-19/h5-14,17,20-22H,15-16H2,1-4H3/t17?,20-,21-,22-/m0/s1. The van der Waals surface area contributed by atoms with E-state index >= 15 is 0 Å². The van der Waals surface area contributed by atoms with Crippen LogP contribution < -0.4 is 10.6 Å². The average molecular weight is 379 g/mol. The van der Waals surface area contributed by atoms with E-state index in [1.165, 1.54) is 23.5 Å². The summed E-state index contributed by atoms with van der Waals surface area (Å²) in [4.78, 5) is 15.2. The van der Waals surface area contributed by atoms with Gasteiger partial charge in [0.2, 0.25) is 5.91 Å². The van der Waals surface area contributed by atoms with Gasteiger partial charge in [0.05, 0.1) is 0 Å². The maximum atomic E-state index is 13.3. The molecule has 3 aliphatic carbocycles. The van der Waals surface area contributed by atoms with Crippen molar-refractivity contribution in [3.8, 4) is 0 Å². The molecule has 3 aliphatic rings. The molecule has 0 heterocycles. The zero-order valence-electron chi connectivity index (χ0n) is 16.8. The van der Waals surface area contributed by atoms with Gasteiger partial charge in [0.25, 0.3) is 0 Å². The van der Waals surface area contributed by atoms with Gasteiger partial charge in [-0.05, 0) is 54.3 Å². The zero-order chi connectivity index (χ0) is 19.2. The SMILES string of the molecule is CN(C)C(=O)[C@@H]1[C@@H](P(c2ccccc2)c2ccccc2)CC2C[C@@H]1C2(C)C. The third kappa shape index (κ3) is 3.13. The Labute approximate surface area is 164 Å². The molecule has 3 saturated carbocycles. The summed E-state index contributed by atoms with van der Waals surface area (Å²) in [7, 11) is 3.29. The summed E-state index contributed by atoms with van der Waals surface area (Å²) in [6.45, 7) is 4.76. The first-order valence-corrected chi connectivity index (χ1v) is 11.4. The van der Waals surface area contributed by atoms with Crippen LogP contribution in [0.1, 0.15) is 26.7 Å². The Morgan fingerprint density at radius 2 is 1.44 bits per heavy atom. The molecular formula is C24H30NOP. The second-order valence-electron chi connectivity index (χ2n) is 8.96. The van der Waals surface area contributed by atoms with Crippen LogP contribution in [-0.2, 0) is 4.79 Å². The molecule has 0 aliphatic heterocycles. The third-order valence-corrected chi connectivity index (χ3v) is 9.95. The van der Waals surface area contributed by atoms with Gasteiger partial charge in [-0.1, -0.05) is 74.5 Å². The Hall–Kier alpha value is -1.66. The van der Waals surface area contributed by atoms with Crippen molar-refractivity contribution in [1.29, 1.82) is 0 Å². The molecule has 0 saturated heterocycles. The van der Waals surface area contributed by atoms with Gasteiger partial charge in [-0.2, -0.15) is 0 Å². The van der Waals surface area contributed by atoms with Crippen LogP contribution in [0.15, 0.2) is 60.7 Å². The molecule has 142 valence electrons. The molecule has 4 atom stereocenters. The number of fused-ring (bicyclic) bond motifs is 2. The maximum absolute atomic E-state index is 13.3. The number of benzene rings is 2. The number of rotatable bonds is 4. The molecule has 0 radical (unpaired) electrons. The van der Waals surface area contributed by atoms with Crippen molar-refractivity contribution in [3.63, 3.8) is 0 Å². The number of carbonyl (C=O) groups is 1. The Kier molecular flexibility index (Phi) is 4.89. The summed E-state index contributed by atoms with van der Waals surface area (Å²) in [6, 6.07) is 21.8. The Balaban J connectivity index is 1.80. The first-order valence-electron chi connectivity index (χ1n) is 10.0. The van der Waals surface area contributed by atoms with Crippen molar-refractivity contribution >= 4 is 24.4 Å². The van der Waals surface area contributed by atoms with Crippen LogP contribution in [0.3, 0.4) is 0 Å². The van der Waals surface area contributed by atoms with Crippen molar-refractivity contribution in [3.05, 3.63) is 60.7 Å². The van der Waals surface area contributed by atoms with Crippen molar-refractivity contribution in [2.45, 2.75) is 32.3 Å². The number of nitrogens with zero attached hydrogens (tertiary/aromatic N) is 1. The Morgan fingerprint density at radius 3 is 1.89 bits per heavy atom. The van der Waals surface area contributed by atoms with Gasteiger partial charge in [0, 0.05) is 20.0 Å². The fourth-order valence-electron chi connectivity index (χ4n) is 5.38. The van der Waals surface area contributed by atoms with E-state index in [2.05, 4.69) is 74.5 Å². The molecule has 2 aromatic rings. The molecule has 1 unspecified atom stereocenters. The van der Waals surface area contributed by atoms with Crippen molar-refractivity contribution in [1.82, 2.24) is 4.90 Å². The topological polar surface area (TPSA) is 20.3 Å². The largest absolute Gasteiger partial charge is 0.349 e. The first kappa shape index (κ1) is 18.7. The lowest BCUT2D eigenvalue weighted by molar-refractivity contribution is -0.154. The molecular weight excluding hydrogens is 349 g/mol. The molecule has 2 aromatic carbocycles. The summed E-state index contributed by atoms with van der Waals surface area (Å²) < 4.78 is 0. The van der Waals surface area contributed by atoms with E-state index in [4.69, 9.17) is 0 Å². The van der Waals surface area contributed by atoms with Gasteiger partial charge in [0.15, 0.2) is 0 Å². The molecule has 3 heteroatoms. The second kappa shape index (κ2) is 7.06. The van der Waals surface area contributed by atoms with Crippen LogP contribution in [0, 0.1) is 23.2 Å². The van der Waals surface area contributed by atoms with Crippen molar-refractivity contribution < 1.29 is 4.79 Å². The highest BCUT2D eigenvalue weighted by molar-refractivity contribution is 7.73. The Morgan fingerprint density at radius 1 is 0.926 bits per heavy atom. The number of carbonyl (C=O) groups excluding carboxylic acids is 1. The predicted molar refractivity (Wildman–Crippen MR) is 115 cm³/mol. The van der Waals surface area contributed by atoms with E-state index in [1.54, 1.807) is 0 Å². The molecule has 3 fully saturated rings. The van der Waals surface area contributed by atoms with Crippen LogP contribution in [0.5, 0.6) is 0 Å². The molecule has 0 spiro atoms. The second-order valence-corrected chi connectivity index (χ2v) is 11.4.